The smallest absolute Gasteiger partial charge is 0.338 e. The van der Waals surface area contributed by atoms with Crippen LogP contribution >= 0.6 is 0 Å². The Balaban J connectivity index is 2.24. The number of carbonyl (C=O) groups is 2. The van der Waals surface area contributed by atoms with Crippen molar-refractivity contribution < 1.29 is 23.8 Å². The normalized spacial score (nSPS) is 20.3. The van der Waals surface area contributed by atoms with Gasteiger partial charge in [-0.2, -0.15) is 0 Å². The van der Waals surface area contributed by atoms with Crippen molar-refractivity contribution in [3.63, 3.8) is 0 Å². The molecule has 23 heavy (non-hydrogen) atoms. The van der Waals surface area contributed by atoms with E-state index >= 15 is 0 Å². The van der Waals surface area contributed by atoms with Gasteiger partial charge in [0.2, 0.25) is 0 Å². The first kappa shape index (κ1) is 17.2. The quantitative estimate of drug-likeness (QED) is 0.359. The number of ether oxygens (including phenoxy) is 3. The molecule has 1 aromatic carbocycles. The number of hydrogen-bond donors (Lipinski definition) is 0. The number of rotatable bonds is 5. The maximum absolute atomic E-state index is 11.8. The van der Waals surface area contributed by atoms with E-state index in [2.05, 4.69) is 0 Å². The highest BCUT2D eigenvalue weighted by Gasteiger charge is 2.38. The number of epoxide rings is 1. The van der Waals surface area contributed by atoms with E-state index < -0.39 is 5.97 Å². The second-order valence-corrected chi connectivity index (χ2v) is 5.90. The third-order valence-electron chi connectivity index (χ3n) is 3.65. The lowest BCUT2D eigenvalue weighted by Gasteiger charge is -2.12. The summed E-state index contributed by atoms with van der Waals surface area (Å²) in [6.07, 6.45) is 1.59. The Morgan fingerprint density at radius 1 is 1.26 bits per heavy atom. The zero-order valence-corrected chi connectivity index (χ0v) is 14.1. The predicted octanol–water partition coefficient (Wildman–Crippen LogP) is 3.58. The highest BCUT2D eigenvalue weighted by molar-refractivity contribution is 5.89. The molecule has 5 nitrogen and oxygen atoms in total. The van der Waals surface area contributed by atoms with E-state index in [9.17, 15) is 9.59 Å². The van der Waals surface area contributed by atoms with Crippen LogP contribution in [-0.4, -0.2) is 18.0 Å². The topological polar surface area (TPSA) is 65.1 Å². The Bertz CT molecular complexity index is 645. The molecule has 1 aliphatic rings. The van der Waals surface area contributed by atoms with Gasteiger partial charge in [0.1, 0.15) is 17.6 Å². The molecule has 0 saturated carbocycles. The molecule has 0 N–H and O–H groups in total. The van der Waals surface area contributed by atoms with Crippen LogP contribution in [-0.2, 0) is 14.3 Å². The van der Waals surface area contributed by atoms with Gasteiger partial charge in [-0.25, -0.2) is 4.79 Å². The van der Waals surface area contributed by atoms with Crippen molar-refractivity contribution in [3.8, 4) is 11.5 Å². The average molecular weight is 318 g/mol. The van der Waals surface area contributed by atoms with Crippen LogP contribution < -0.4 is 9.47 Å². The highest BCUT2D eigenvalue weighted by Crippen LogP contribution is 2.44. The van der Waals surface area contributed by atoms with Gasteiger partial charge in [0.05, 0.1) is 12.0 Å². The molecule has 0 aromatic heterocycles. The lowest BCUT2D eigenvalue weighted by atomic mass is 10.1. The maximum atomic E-state index is 11.8. The van der Waals surface area contributed by atoms with Crippen LogP contribution in [0.25, 0.3) is 0 Å². The van der Waals surface area contributed by atoms with E-state index in [1.54, 1.807) is 52.0 Å². The molecular formula is C18H22O5. The van der Waals surface area contributed by atoms with Crippen molar-refractivity contribution >= 4 is 11.9 Å². The van der Waals surface area contributed by atoms with E-state index in [4.69, 9.17) is 14.2 Å². The van der Waals surface area contributed by atoms with E-state index in [1.165, 1.54) is 0 Å². The van der Waals surface area contributed by atoms with Crippen LogP contribution in [0.4, 0.5) is 0 Å². The maximum Gasteiger partial charge on any atom is 0.338 e. The van der Waals surface area contributed by atoms with Gasteiger partial charge in [0, 0.05) is 11.1 Å². The Morgan fingerprint density at radius 3 is 2.43 bits per heavy atom. The van der Waals surface area contributed by atoms with Gasteiger partial charge in [-0.05, 0) is 39.0 Å². The van der Waals surface area contributed by atoms with E-state index in [0.717, 1.165) is 5.56 Å². The molecule has 5 heteroatoms. The molecule has 1 fully saturated rings. The molecule has 2 atom stereocenters. The number of carbonyl (C=O) groups excluding carboxylic acids is 2. The van der Waals surface area contributed by atoms with Crippen LogP contribution in [0.5, 0.6) is 11.5 Å². The summed E-state index contributed by atoms with van der Waals surface area (Å²) in [7, 11) is 0. The first-order valence-electron chi connectivity index (χ1n) is 7.69. The standard InChI is InChI=1S/C18H22O5/c1-6-11(4)18(20)22-13-7-8-15(23-17(19)10(2)3)14(9-13)16-12(5)21-16/h6-10,12,16H,1-5H3/t12-,16+/m1/s1. The summed E-state index contributed by atoms with van der Waals surface area (Å²) >= 11 is 0. The van der Waals surface area contributed by atoms with Gasteiger partial charge in [-0.3, -0.25) is 4.79 Å². The first-order valence-corrected chi connectivity index (χ1v) is 7.69. The molecule has 1 heterocycles. The van der Waals surface area contributed by atoms with Crippen molar-refractivity contribution in [3.05, 3.63) is 35.4 Å². The van der Waals surface area contributed by atoms with Crippen LogP contribution in [0.2, 0.25) is 0 Å². The van der Waals surface area contributed by atoms with Crippen LogP contribution in [0.3, 0.4) is 0 Å². The third-order valence-corrected chi connectivity index (χ3v) is 3.65. The fourth-order valence-corrected chi connectivity index (χ4v) is 1.95. The van der Waals surface area contributed by atoms with Gasteiger partial charge in [-0.1, -0.05) is 19.9 Å². The van der Waals surface area contributed by atoms with Gasteiger partial charge in [0.15, 0.2) is 0 Å². The molecule has 0 spiro atoms. The van der Waals surface area contributed by atoms with Crippen molar-refractivity contribution in [1.82, 2.24) is 0 Å². The molecule has 1 aromatic rings. The molecule has 1 aliphatic heterocycles. The number of benzene rings is 1. The summed E-state index contributed by atoms with van der Waals surface area (Å²) in [4.78, 5) is 23.7. The molecule has 0 unspecified atom stereocenters. The lowest BCUT2D eigenvalue weighted by molar-refractivity contribution is -0.138. The predicted molar refractivity (Wildman–Crippen MR) is 85.3 cm³/mol. The molecule has 0 radical (unpaired) electrons. The second-order valence-electron chi connectivity index (χ2n) is 5.90. The van der Waals surface area contributed by atoms with Crippen molar-refractivity contribution in [2.45, 2.75) is 46.8 Å². The van der Waals surface area contributed by atoms with Gasteiger partial charge in [-0.15, -0.1) is 0 Å². The Kier molecular flexibility index (Phi) is 5.21. The molecule has 0 amide bonds. The van der Waals surface area contributed by atoms with Crippen LogP contribution in [0.15, 0.2) is 29.8 Å². The number of allylic oxidation sites excluding steroid dienone is 1. The SMILES string of the molecule is CC=C(C)C(=O)Oc1ccc(OC(=O)C(C)C)c([C@H]2O[C@@H]2C)c1. The number of hydrogen-bond acceptors (Lipinski definition) is 5. The zero-order chi connectivity index (χ0) is 17.1. The molecule has 124 valence electrons. The summed E-state index contributed by atoms with van der Waals surface area (Å²) in [6.45, 7) is 8.94. The molecular weight excluding hydrogens is 296 g/mol. The van der Waals surface area contributed by atoms with Crippen molar-refractivity contribution in [2.24, 2.45) is 5.92 Å². The Hall–Kier alpha value is -2.14. The summed E-state index contributed by atoms with van der Waals surface area (Å²) in [5.74, 6) is -0.0988. The molecule has 0 aliphatic carbocycles. The Labute approximate surface area is 136 Å². The summed E-state index contributed by atoms with van der Waals surface area (Å²) < 4.78 is 16.2. The molecule has 0 bridgehead atoms. The third kappa shape index (κ3) is 4.20. The minimum atomic E-state index is -0.407. The zero-order valence-electron chi connectivity index (χ0n) is 14.1. The van der Waals surface area contributed by atoms with Gasteiger partial charge >= 0.3 is 11.9 Å². The van der Waals surface area contributed by atoms with Crippen molar-refractivity contribution in [1.29, 1.82) is 0 Å². The minimum absolute atomic E-state index is 0.0507. The molecule has 2 rings (SSSR count). The highest BCUT2D eigenvalue weighted by atomic mass is 16.6. The fraction of sp³-hybridized carbons (Fsp3) is 0.444. The number of esters is 2. The summed E-state index contributed by atoms with van der Waals surface area (Å²) in [5, 5.41) is 0. The van der Waals surface area contributed by atoms with Crippen LogP contribution in [0.1, 0.15) is 46.3 Å². The van der Waals surface area contributed by atoms with E-state index in [1.807, 2.05) is 6.92 Å². The average Bonchev–Trinajstić information content (AvgIpc) is 3.24. The van der Waals surface area contributed by atoms with E-state index in [-0.39, 0.29) is 24.1 Å². The fourth-order valence-electron chi connectivity index (χ4n) is 1.95. The first-order chi connectivity index (χ1) is 10.8. The second kappa shape index (κ2) is 6.96. The molecule has 1 saturated heterocycles. The summed E-state index contributed by atoms with van der Waals surface area (Å²) in [6, 6.07) is 4.94. The Morgan fingerprint density at radius 2 is 1.91 bits per heavy atom. The van der Waals surface area contributed by atoms with E-state index in [0.29, 0.717) is 17.1 Å². The van der Waals surface area contributed by atoms with Gasteiger partial charge < -0.3 is 14.2 Å². The summed E-state index contributed by atoms with van der Waals surface area (Å²) in [5.41, 5.74) is 1.24. The van der Waals surface area contributed by atoms with Crippen molar-refractivity contribution in [2.75, 3.05) is 0 Å². The minimum Gasteiger partial charge on any atom is -0.426 e. The largest absolute Gasteiger partial charge is 0.426 e. The lowest BCUT2D eigenvalue weighted by Crippen LogP contribution is -2.16. The van der Waals surface area contributed by atoms with Gasteiger partial charge in [0.25, 0.3) is 0 Å². The monoisotopic (exact) mass is 318 g/mol. The van der Waals surface area contributed by atoms with Crippen LogP contribution in [0, 0.1) is 5.92 Å².